The van der Waals surface area contributed by atoms with Gasteiger partial charge in [0, 0.05) is 12.4 Å². The molecule has 2 aromatic heterocycles. The average molecular weight is 243 g/mol. The Morgan fingerprint density at radius 3 is 3.18 bits per heavy atom. The Hall–Kier alpha value is -1.60. The van der Waals surface area contributed by atoms with Crippen LogP contribution in [0, 0.1) is 17.2 Å². The zero-order valence-corrected chi connectivity index (χ0v) is 10.2. The van der Waals surface area contributed by atoms with Gasteiger partial charge in [-0.1, -0.05) is 6.07 Å². The van der Waals surface area contributed by atoms with E-state index in [-0.39, 0.29) is 5.92 Å². The standard InChI is InChI=1S/C13H13N3S/c14-9-10-3-1-4-11(10)16-7-6-15-13(16)12-5-2-8-17-12/h2,5-8,10-11H,1,3-4H2. The van der Waals surface area contributed by atoms with Crippen molar-refractivity contribution < 1.29 is 0 Å². The topological polar surface area (TPSA) is 41.6 Å². The molecule has 0 aliphatic heterocycles. The first-order valence-corrected chi connectivity index (χ1v) is 6.74. The number of nitriles is 1. The highest BCUT2D eigenvalue weighted by atomic mass is 32.1. The van der Waals surface area contributed by atoms with Crippen LogP contribution in [0.5, 0.6) is 0 Å². The lowest BCUT2D eigenvalue weighted by molar-refractivity contribution is 0.453. The monoisotopic (exact) mass is 243 g/mol. The van der Waals surface area contributed by atoms with Gasteiger partial charge in [-0.15, -0.1) is 11.3 Å². The summed E-state index contributed by atoms with van der Waals surface area (Å²) in [6.45, 7) is 0. The lowest BCUT2D eigenvalue weighted by atomic mass is 10.1. The number of hydrogen-bond acceptors (Lipinski definition) is 3. The van der Waals surface area contributed by atoms with E-state index >= 15 is 0 Å². The van der Waals surface area contributed by atoms with E-state index < -0.39 is 0 Å². The molecule has 0 N–H and O–H groups in total. The molecule has 2 heterocycles. The van der Waals surface area contributed by atoms with E-state index in [9.17, 15) is 5.26 Å². The van der Waals surface area contributed by atoms with Crippen molar-refractivity contribution in [1.82, 2.24) is 9.55 Å². The number of thiophene rings is 1. The van der Waals surface area contributed by atoms with E-state index in [1.165, 1.54) is 4.88 Å². The molecule has 0 bridgehead atoms. The number of nitrogens with zero attached hydrogens (tertiary/aromatic N) is 3. The van der Waals surface area contributed by atoms with Crippen LogP contribution in [0.1, 0.15) is 25.3 Å². The first-order chi connectivity index (χ1) is 8.40. The predicted octanol–water partition coefficient (Wildman–Crippen LogP) is 3.48. The summed E-state index contributed by atoms with van der Waals surface area (Å²) in [5.41, 5.74) is 0. The highest BCUT2D eigenvalue weighted by Gasteiger charge is 2.30. The maximum absolute atomic E-state index is 9.18. The summed E-state index contributed by atoms with van der Waals surface area (Å²) in [6, 6.07) is 6.86. The molecule has 86 valence electrons. The Bertz CT molecular complexity index is 535. The molecule has 3 nitrogen and oxygen atoms in total. The average Bonchev–Trinajstić information content (AvgIpc) is 3.09. The molecule has 1 fully saturated rings. The zero-order valence-electron chi connectivity index (χ0n) is 9.41. The van der Waals surface area contributed by atoms with Gasteiger partial charge in [-0.2, -0.15) is 5.26 Å². The third-order valence-corrected chi connectivity index (χ3v) is 4.28. The van der Waals surface area contributed by atoms with E-state index in [2.05, 4.69) is 27.1 Å². The molecule has 4 heteroatoms. The zero-order chi connectivity index (χ0) is 11.7. The number of hydrogen-bond donors (Lipinski definition) is 0. The van der Waals surface area contributed by atoms with E-state index in [1.807, 2.05) is 18.5 Å². The van der Waals surface area contributed by atoms with E-state index in [0.717, 1.165) is 25.1 Å². The first-order valence-electron chi connectivity index (χ1n) is 5.86. The van der Waals surface area contributed by atoms with Crippen LogP contribution >= 0.6 is 11.3 Å². The number of aromatic nitrogens is 2. The Balaban J connectivity index is 1.99. The molecule has 1 saturated carbocycles. The molecule has 0 amide bonds. The van der Waals surface area contributed by atoms with Crippen molar-refractivity contribution in [1.29, 1.82) is 5.26 Å². The maximum atomic E-state index is 9.18. The smallest absolute Gasteiger partial charge is 0.150 e. The maximum Gasteiger partial charge on any atom is 0.150 e. The summed E-state index contributed by atoms with van der Waals surface area (Å²) in [5, 5.41) is 11.2. The van der Waals surface area contributed by atoms with Crippen molar-refractivity contribution in [2.75, 3.05) is 0 Å². The largest absolute Gasteiger partial charge is 0.326 e. The molecule has 1 aliphatic carbocycles. The molecule has 1 aliphatic rings. The fraction of sp³-hybridized carbons (Fsp3) is 0.385. The minimum absolute atomic E-state index is 0.142. The molecule has 2 aromatic rings. The van der Waals surface area contributed by atoms with Gasteiger partial charge in [0.05, 0.1) is 22.9 Å². The van der Waals surface area contributed by atoms with Crippen LogP contribution in [0.4, 0.5) is 0 Å². The van der Waals surface area contributed by atoms with Crippen molar-refractivity contribution in [3.63, 3.8) is 0 Å². The third-order valence-electron chi connectivity index (χ3n) is 3.41. The minimum atomic E-state index is 0.142. The van der Waals surface area contributed by atoms with Crippen LogP contribution in [0.3, 0.4) is 0 Å². The number of rotatable bonds is 2. The van der Waals surface area contributed by atoms with Crippen molar-refractivity contribution in [3.05, 3.63) is 29.9 Å². The third kappa shape index (κ3) is 1.77. The van der Waals surface area contributed by atoms with Crippen LogP contribution in [0.15, 0.2) is 29.9 Å². The van der Waals surface area contributed by atoms with Crippen molar-refractivity contribution in [2.24, 2.45) is 5.92 Å². The van der Waals surface area contributed by atoms with Gasteiger partial charge in [0.2, 0.25) is 0 Å². The lowest BCUT2D eigenvalue weighted by Crippen LogP contribution is -2.12. The Labute approximate surface area is 104 Å². The second kappa shape index (κ2) is 4.34. The van der Waals surface area contributed by atoms with Gasteiger partial charge < -0.3 is 4.57 Å². The highest BCUT2D eigenvalue weighted by Crippen LogP contribution is 2.38. The van der Waals surface area contributed by atoms with Gasteiger partial charge in [-0.3, -0.25) is 0 Å². The molecule has 2 unspecified atom stereocenters. The van der Waals surface area contributed by atoms with E-state index in [1.54, 1.807) is 11.3 Å². The quantitative estimate of drug-likeness (QED) is 0.810. The molecule has 17 heavy (non-hydrogen) atoms. The van der Waals surface area contributed by atoms with Gasteiger partial charge in [0.15, 0.2) is 0 Å². The summed E-state index contributed by atoms with van der Waals surface area (Å²) in [6.07, 6.45) is 7.10. The van der Waals surface area contributed by atoms with Crippen molar-refractivity contribution >= 4 is 11.3 Å². The summed E-state index contributed by atoms with van der Waals surface area (Å²) >= 11 is 1.70. The van der Waals surface area contributed by atoms with Gasteiger partial charge >= 0.3 is 0 Å². The normalized spacial score (nSPS) is 23.7. The van der Waals surface area contributed by atoms with Crippen molar-refractivity contribution in [2.45, 2.75) is 25.3 Å². The van der Waals surface area contributed by atoms with Crippen molar-refractivity contribution in [3.8, 4) is 16.8 Å². The molecular weight excluding hydrogens is 230 g/mol. The van der Waals surface area contributed by atoms with E-state index in [4.69, 9.17) is 0 Å². The summed E-state index contributed by atoms with van der Waals surface area (Å²) in [4.78, 5) is 5.62. The Morgan fingerprint density at radius 1 is 1.47 bits per heavy atom. The minimum Gasteiger partial charge on any atom is -0.326 e. The number of imidazole rings is 1. The van der Waals surface area contributed by atoms with Crippen LogP contribution in [0.25, 0.3) is 10.7 Å². The summed E-state index contributed by atoms with van der Waals surface area (Å²) < 4.78 is 2.19. The summed E-state index contributed by atoms with van der Waals surface area (Å²) in [5.74, 6) is 1.15. The second-order valence-corrected chi connectivity index (χ2v) is 5.32. The highest BCUT2D eigenvalue weighted by molar-refractivity contribution is 7.13. The second-order valence-electron chi connectivity index (χ2n) is 4.37. The van der Waals surface area contributed by atoms with Crippen LogP contribution in [0.2, 0.25) is 0 Å². The van der Waals surface area contributed by atoms with Gasteiger partial charge in [0.1, 0.15) is 5.82 Å². The molecule has 0 spiro atoms. The van der Waals surface area contributed by atoms with Crippen LogP contribution in [-0.4, -0.2) is 9.55 Å². The van der Waals surface area contributed by atoms with Crippen LogP contribution < -0.4 is 0 Å². The molecular formula is C13H13N3S. The molecule has 0 radical (unpaired) electrons. The lowest BCUT2D eigenvalue weighted by Gasteiger charge is -2.17. The fourth-order valence-corrected chi connectivity index (χ4v) is 3.33. The predicted molar refractivity (Wildman–Crippen MR) is 67.5 cm³/mol. The Kier molecular flexibility index (Phi) is 2.69. The van der Waals surface area contributed by atoms with Gasteiger partial charge in [-0.05, 0) is 30.7 Å². The fourth-order valence-electron chi connectivity index (χ4n) is 2.60. The molecule has 0 aromatic carbocycles. The van der Waals surface area contributed by atoms with Gasteiger partial charge in [-0.25, -0.2) is 4.98 Å². The Morgan fingerprint density at radius 2 is 2.41 bits per heavy atom. The first kappa shape index (κ1) is 10.5. The van der Waals surface area contributed by atoms with E-state index in [0.29, 0.717) is 6.04 Å². The summed E-state index contributed by atoms with van der Waals surface area (Å²) in [7, 11) is 0. The molecule has 2 atom stereocenters. The van der Waals surface area contributed by atoms with Crippen LogP contribution in [-0.2, 0) is 0 Å². The molecule has 0 saturated heterocycles. The SMILES string of the molecule is N#CC1CCCC1n1ccnc1-c1cccs1. The van der Waals surface area contributed by atoms with Gasteiger partial charge in [0.25, 0.3) is 0 Å². The molecule has 3 rings (SSSR count).